The lowest BCUT2D eigenvalue weighted by molar-refractivity contribution is -0.148. The van der Waals surface area contributed by atoms with Crippen molar-refractivity contribution in [3.05, 3.63) is 75.7 Å². The molecular formula is C58H86N8O7. The van der Waals surface area contributed by atoms with Crippen LogP contribution >= 0.6 is 0 Å². The number of nitrogens with one attached hydrogen (secondary N) is 1. The van der Waals surface area contributed by atoms with Crippen molar-refractivity contribution in [2.45, 2.75) is 188 Å². The Kier molecular flexibility index (Phi) is 21.6. The quantitative estimate of drug-likeness (QED) is 0.0476. The molecule has 3 saturated heterocycles. The third kappa shape index (κ3) is 15.6. The molecule has 0 bridgehead atoms. The maximum atomic E-state index is 14.7. The number of pyridine rings is 1. The molecule has 2 aromatic heterocycles. The number of carbonyl (C=O) groups excluding carboxylic acids is 4. The molecule has 0 radical (unpaired) electrons. The van der Waals surface area contributed by atoms with E-state index in [9.17, 15) is 24.0 Å². The molecule has 4 aromatic rings. The van der Waals surface area contributed by atoms with Gasteiger partial charge in [-0.05, 0) is 112 Å². The second-order valence-corrected chi connectivity index (χ2v) is 21.1. The lowest BCUT2D eigenvalue weighted by atomic mass is 9.89. The maximum absolute atomic E-state index is 14.7. The van der Waals surface area contributed by atoms with Gasteiger partial charge in [-0.15, -0.1) is 0 Å². The lowest BCUT2D eigenvalue weighted by Gasteiger charge is -2.43. The van der Waals surface area contributed by atoms with Crippen molar-refractivity contribution in [2.24, 2.45) is 0 Å². The van der Waals surface area contributed by atoms with E-state index in [1.165, 1.54) is 32.2 Å². The van der Waals surface area contributed by atoms with Crippen molar-refractivity contribution in [3.8, 4) is 0 Å². The number of unbranched alkanes of at least 4 members (excludes halogenated alkanes) is 10. The van der Waals surface area contributed by atoms with E-state index in [1.807, 2.05) is 54.3 Å². The number of nitrogens with zero attached hydrogens (tertiary/aromatic N) is 7. The van der Waals surface area contributed by atoms with Crippen molar-refractivity contribution in [1.29, 1.82) is 0 Å². The summed E-state index contributed by atoms with van der Waals surface area (Å²) in [6.07, 6.45) is 20.5. The van der Waals surface area contributed by atoms with Crippen LogP contribution in [-0.4, -0.2) is 129 Å². The molecule has 1 atom stereocenters. The van der Waals surface area contributed by atoms with Crippen LogP contribution in [0, 0.1) is 6.92 Å². The van der Waals surface area contributed by atoms with Gasteiger partial charge in [-0.1, -0.05) is 109 Å². The number of carbonyl (C=O) groups is 4. The van der Waals surface area contributed by atoms with Gasteiger partial charge in [0.1, 0.15) is 6.04 Å². The van der Waals surface area contributed by atoms with Gasteiger partial charge in [0.2, 0.25) is 5.91 Å². The summed E-state index contributed by atoms with van der Waals surface area (Å²) in [5.74, 6) is -0.712. The molecule has 0 aliphatic carbocycles. The Morgan fingerprint density at radius 3 is 1.99 bits per heavy atom. The fourth-order valence-corrected chi connectivity index (χ4v) is 11.4. The summed E-state index contributed by atoms with van der Waals surface area (Å²) in [5.41, 5.74) is 3.90. The zero-order valence-electron chi connectivity index (χ0n) is 44.8. The van der Waals surface area contributed by atoms with Gasteiger partial charge in [-0.2, -0.15) is 5.10 Å². The van der Waals surface area contributed by atoms with Crippen molar-refractivity contribution in [2.75, 3.05) is 58.9 Å². The highest BCUT2D eigenvalue weighted by Crippen LogP contribution is 2.29. The molecule has 0 saturated carbocycles. The molecule has 3 aliphatic heterocycles. The van der Waals surface area contributed by atoms with Gasteiger partial charge in [0.15, 0.2) is 13.5 Å². The van der Waals surface area contributed by atoms with Gasteiger partial charge in [0.25, 0.3) is 5.56 Å². The SMILES string of the molecule is CCCCCCCC(=O)OCn1ncc2cc(C[C@@H](NC(=O)N3CCC(c4cc5ccccc5n(COC(=O)CCCCCCC)c4=O)CC3)C(=O)N3CCN(C4CCN(CCCCC)CC4)CC3)cc(C)c21. The number of ether oxygens (including phenoxy) is 2. The molecule has 0 unspecified atom stereocenters. The second-order valence-electron chi connectivity index (χ2n) is 21.1. The van der Waals surface area contributed by atoms with Crippen LogP contribution in [0.1, 0.15) is 165 Å². The Balaban J connectivity index is 1.01. The third-order valence-electron chi connectivity index (χ3n) is 15.7. The number of aromatic nitrogens is 3. The van der Waals surface area contributed by atoms with Crippen molar-refractivity contribution in [1.82, 2.24) is 39.3 Å². The maximum Gasteiger partial charge on any atom is 0.318 e. The van der Waals surface area contributed by atoms with E-state index in [-0.39, 0.29) is 48.8 Å². The number of benzene rings is 2. The molecule has 5 heterocycles. The van der Waals surface area contributed by atoms with Gasteiger partial charge >= 0.3 is 18.0 Å². The number of fused-ring (bicyclic) bond motifs is 2. The number of hydrogen-bond acceptors (Lipinski definition) is 10. The average molecular weight is 1010 g/mol. The van der Waals surface area contributed by atoms with Crippen molar-refractivity contribution < 1.29 is 28.7 Å². The Labute approximate surface area is 434 Å². The molecule has 1 N–H and O–H groups in total. The molecule has 2 aromatic carbocycles. The molecule has 3 amide bonds. The van der Waals surface area contributed by atoms with Crippen LogP contribution in [0.3, 0.4) is 0 Å². The van der Waals surface area contributed by atoms with Gasteiger partial charge < -0.3 is 29.5 Å². The predicted octanol–water partition coefficient (Wildman–Crippen LogP) is 9.68. The first-order chi connectivity index (χ1) is 35.6. The van der Waals surface area contributed by atoms with Gasteiger partial charge in [-0.3, -0.25) is 28.6 Å². The number of para-hydroxylation sites is 1. The van der Waals surface area contributed by atoms with Crippen LogP contribution < -0.4 is 10.9 Å². The van der Waals surface area contributed by atoms with Crippen LogP contribution in [0.2, 0.25) is 0 Å². The highest BCUT2D eigenvalue weighted by molar-refractivity contribution is 5.88. The van der Waals surface area contributed by atoms with E-state index in [2.05, 4.69) is 41.0 Å². The zero-order chi connectivity index (χ0) is 51.5. The van der Waals surface area contributed by atoms with Gasteiger partial charge in [0.05, 0.1) is 17.2 Å². The predicted molar refractivity (Wildman–Crippen MR) is 288 cm³/mol. The fraction of sp³-hybridized carbons (Fsp3) is 0.655. The number of esters is 2. The van der Waals surface area contributed by atoms with Crippen LogP contribution in [-0.2, 0) is 43.7 Å². The number of urea groups is 1. The molecule has 15 heteroatoms. The smallest absolute Gasteiger partial charge is 0.318 e. The topological polar surface area (TPSA) is 152 Å². The minimum absolute atomic E-state index is 0.0289. The summed E-state index contributed by atoms with van der Waals surface area (Å²) in [6.45, 7) is 15.6. The molecule has 73 heavy (non-hydrogen) atoms. The van der Waals surface area contributed by atoms with E-state index in [0.29, 0.717) is 75.4 Å². The lowest BCUT2D eigenvalue weighted by Crippen LogP contribution is -2.59. The van der Waals surface area contributed by atoms with E-state index >= 15 is 0 Å². The Morgan fingerprint density at radius 1 is 0.685 bits per heavy atom. The standard InChI is InChI=1S/C58H86N8O7/c1-5-8-11-13-15-22-53(67)72-42-65-52-21-18-17-20-47(52)40-50(56(65)69)46-24-31-64(32-25-46)58(71)60-51(57(70)63-35-33-62(34-36-63)49-26-29-61(30-27-49)28-19-10-7-3)39-45-37-44(4)55-48(38-45)41-59-66(55)43-73-54(68)23-16-14-12-9-6-2/h17-18,20-21,37-38,40-41,46,49,51H,5-16,19,22-36,39,42-43H2,1-4H3,(H,60,71)/t51-/m1/s1. The van der Waals surface area contributed by atoms with Gasteiger partial charge in [-0.25, -0.2) is 9.48 Å². The van der Waals surface area contributed by atoms with Gasteiger partial charge in [0, 0.05) is 75.5 Å². The third-order valence-corrected chi connectivity index (χ3v) is 15.7. The zero-order valence-corrected chi connectivity index (χ0v) is 44.8. The van der Waals surface area contributed by atoms with Crippen LogP contribution in [0.25, 0.3) is 21.8 Å². The average Bonchev–Trinajstić information content (AvgIpc) is 3.83. The molecule has 15 nitrogen and oxygen atoms in total. The highest BCUT2D eigenvalue weighted by Gasteiger charge is 2.34. The Morgan fingerprint density at radius 2 is 1.32 bits per heavy atom. The largest absolute Gasteiger partial charge is 0.444 e. The Hall–Kier alpha value is -5.28. The monoisotopic (exact) mass is 1010 g/mol. The second kappa shape index (κ2) is 28.4. The van der Waals surface area contributed by atoms with E-state index < -0.39 is 6.04 Å². The summed E-state index contributed by atoms with van der Waals surface area (Å²) >= 11 is 0. The number of likely N-dealkylation sites (tertiary alicyclic amines) is 2. The van der Waals surface area contributed by atoms with E-state index in [1.54, 1.807) is 20.3 Å². The van der Waals surface area contributed by atoms with E-state index in [4.69, 9.17) is 9.47 Å². The first-order valence-corrected chi connectivity index (χ1v) is 28.3. The van der Waals surface area contributed by atoms with Crippen molar-refractivity contribution in [3.63, 3.8) is 0 Å². The summed E-state index contributed by atoms with van der Waals surface area (Å²) in [7, 11) is 0. The minimum atomic E-state index is -0.806. The fourth-order valence-electron chi connectivity index (χ4n) is 11.4. The number of aryl methyl sites for hydroxylation is 1. The summed E-state index contributed by atoms with van der Waals surface area (Å²) in [4.78, 5) is 77.5. The normalized spacial score (nSPS) is 16.8. The molecular weight excluding hydrogens is 921 g/mol. The highest BCUT2D eigenvalue weighted by atomic mass is 16.5. The molecule has 3 aliphatic rings. The number of amides is 3. The summed E-state index contributed by atoms with van der Waals surface area (Å²) in [5, 5.41) is 9.55. The van der Waals surface area contributed by atoms with Crippen LogP contribution in [0.5, 0.6) is 0 Å². The first kappa shape index (κ1) is 55.5. The molecule has 400 valence electrons. The number of rotatable bonds is 26. The minimum Gasteiger partial charge on any atom is -0.444 e. The van der Waals surface area contributed by atoms with E-state index in [0.717, 1.165) is 124 Å². The number of piperidine rings is 2. The Bertz CT molecular complexity index is 2460. The summed E-state index contributed by atoms with van der Waals surface area (Å²) in [6, 6.07) is 13.1. The van der Waals surface area contributed by atoms with Crippen LogP contribution in [0.4, 0.5) is 4.79 Å². The van der Waals surface area contributed by atoms with Crippen LogP contribution in [0.15, 0.2) is 53.5 Å². The number of piperazine rings is 1. The first-order valence-electron chi connectivity index (χ1n) is 28.3. The molecule has 0 spiro atoms. The molecule has 3 fully saturated rings. The summed E-state index contributed by atoms with van der Waals surface area (Å²) < 4.78 is 14.6. The van der Waals surface area contributed by atoms with Crippen molar-refractivity contribution >= 4 is 45.7 Å². The molecule has 7 rings (SSSR count). The number of hydrogen-bond donors (Lipinski definition) is 1.